The number of rotatable bonds is 5. The Labute approximate surface area is 328 Å². The Hall–Kier alpha value is -2.48. The summed E-state index contributed by atoms with van der Waals surface area (Å²) in [6.45, 7) is 13.4. The SMILES string of the molecule is CC[C@@H]1/C=C(\C)C[C@H](C)C[C@H](OC)[C@H]2O[C@@](O)(C(=O)C(=O)N3CCCC[C@H]3C(=O)O[C@H](/C(C)=C/[C@@H]3CC[C@@H](O)C(C)C3)[C@H](C)[C@@H](O)CC1=O)[C@H](C)C[C@@H]2OC. The Kier molecular flexibility index (Phi) is 16.3. The lowest BCUT2D eigenvalue weighted by molar-refractivity contribution is -0.302. The highest BCUT2D eigenvalue weighted by atomic mass is 16.7. The Morgan fingerprint density at radius 1 is 0.945 bits per heavy atom. The van der Waals surface area contributed by atoms with Crippen molar-refractivity contribution in [2.45, 2.75) is 168 Å². The first kappa shape index (κ1) is 45.2. The zero-order valence-corrected chi connectivity index (χ0v) is 34.7. The van der Waals surface area contributed by atoms with Gasteiger partial charge in [-0.2, -0.15) is 0 Å². The van der Waals surface area contributed by atoms with Crippen molar-refractivity contribution in [3.63, 3.8) is 0 Å². The van der Waals surface area contributed by atoms with Gasteiger partial charge in [-0.05, 0) is 101 Å². The largest absolute Gasteiger partial charge is 0.456 e. The summed E-state index contributed by atoms with van der Waals surface area (Å²) in [7, 11) is 3.07. The molecule has 55 heavy (non-hydrogen) atoms. The number of aliphatic hydroxyl groups is 3. The van der Waals surface area contributed by atoms with Crippen LogP contribution in [-0.4, -0.2) is 113 Å². The molecule has 0 aromatic rings. The van der Waals surface area contributed by atoms with Crippen LogP contribution in [-0.2, 0) is 38.1 Å². The maximum absolute atomic E-state index is 14.3. The summed E-state index contributed by atoms with van der Waals surface area (Å²) in [5.41, 5.74) is 1.72. The van der Waals surface area contributed by atoms with Crippen LogP contribution < -0.4 is 0 Å². The fraction of sp³-hybridized carbons (Fsp3) is 0.814. The van der Waals surface area contributed by atoms with Gasteiger partial charge in [-0.25, -0.2) is 4.79 Å². The zero-order valence-electron chi connectivity index (χ0n) is 34.7. The molecule has 2 saturated heterocycles. The van der Waals surface area contributed by atoms with Crippen molar-refractivity contribution in [3.05, 3.63) is 23.3 Å². The fourth-order valence-corrected chi connectivity index (χ4v) is 9.42. The number of fused-ring (bicyclic) bond motifs is 3. The number of ether oxygens (including phenoxy) is 4. The summed E-state index contributed by atoms with van der Waals surface area (Å²) in [6, 6.07) is -1.11. The van der Waals surface area contributed by atoms with Gasteiger partial charge in [0.25, 0.3) is 11.7 Å². The first-order valence-electron chi connectivity index (χ1n) is 20.7. The number of amides is 1. The van der Waals surface area contributed by atoms with Gasteiger partial charge in [0, 0.05) is 44.9 Å². The molecule has 14 atom stereocenters. The average Bonchev–Trinajstić information content (AvgIpc) is 3.15. The van der Waals surface area contributed by atoms with Gasteiger partial charge >= 0.3 is 5.97 Å². The van der Waals surface area contributed by atoms with E-state index in [0.717, 1.165) is 18.4 Å². The molecule has 1 amide bonds. The van der Waals surface area contributed by atoms with E-state index in [1.165, 1.54) is 19.1 Å². The Morgan fingerprint density at radius 3 is 2.25 bits per heavy atom. The van der Waals surface area contributed by atoms with E-state index in [1.807, 2.05) is 33.8 Å². The molecule has 4 aliphatic rings. The number of hydrogen-bond acceptors (Lipinski definition) is 11. The highest BCUT2D eigenvalue weighted by Crippen LogP contribution is 2.39. The second-order valence-electron chi connectivity index (χ2n) is 17.4. The van der Waals surface area contributed by atoms with Crippen LogP contribution in [0, 0.1) is 35.5 Å². The first-order valence-corrected chi connectivity index (χ1v) is 20.7. The average molecular weight is 776 g/mol. The van der Waals surface area contributed by atoms with Crippen LogP contribution in [0.15, 0.2) is 23.3 Å². The number of hydrogen-bond donors (Lipinski definition) is 3. The van der Waals surface area contributed by atoms with E-state index < -0.39 is 77.8 Å². The predicted molar refractivity (Wildman–Crippen MR) is 206 cm³/mol. The molecule has 4 rings (SSSR count). The fourth-order valence-electron chi connectivity index (χ4n) is 9.42. The molecule has 0 aromatic carbocycles. The third kappa shape index (κ3) is 10.7. The Morgan fingerprint density at radius 2 is 1.62 bits per heavy atom. The molecule has 0 aromatic heterocycles. The number of Topliss-reactive ketones (excluding diaryl/α,β-unsaturated/α-hetero) is 2. The number of methoxy groups -OCH3 is 2. The van der Waals surface area contributed by atoms with E-state index in [-0.39, 0.29) is 55.4 Å². The van der Waals surface area contributed by atoms with Crippen LogP contribution in [0.25, 0.3) is 0 Å². The van der Waals surface area contributed by atoms with Crippen LogP contribution in [0.5, 0.6) is 0 Å². The first-order chi connectivity index (χ1) is 25.9. The topological polar surface area (TPSA) is 169 Å². The second kappa shape index (κ2) is 19.8. The van der Waals surface area contributed by atoms with Gasteiger partial charge in [-0.3, -0.25) is 14.4 Å². The number of carbonyl (C=O) groups is 4. The molecule has 1 unspecified atom stereocenters. The minimum Gasteiger partial charge on any atom is -0.456 e. The van der Waals surface area contributed by atoms with Crippen molar-refractivity contribution in [2.75, 3.05) is 20.8 Å². The zero-order chi connectivity index (χ0) is 40.8. The van der Waals surface area contributed by atoms with E-state index in [2.05, 4.69) is 13.0 Å². The highest BCUT2D eigenvalue weighted by molar-refractivity contribution is 6.39. The number of aliphatic hydroxyl groups excluding tert-OH is 2. The summed E-state index contributed by atoms with van der Waals surface area (Å²) in [6.07, 6.45) is 4.92. The quantitative estimate of drug-likeness (QED) is 0.193. The second-order valence-corrected chi connectivity index (χ2v) is 17.4. The molecule has 3 N–H and O–H groups in total. The van der Waals surface area contributed by atoms with Crippen molar-refractivity contribution < 1.29 is 53.4 Å². The number of piperidine rings is 1. The molecule has 12 heteroatoms. The summed E-state index contributed by atoms with van der Waals surface area (Å²) >= 11 is 0. The van der Waals surface area contributed by atoms with Gasteiger partial charge < -0.3 is 39.2 Å². The summed E-state index contributed by atoms with van der Waals surface area (Å²) in [4.78, 5) is 57.6. The maximum Gasteiger partial charge on any atom is 0.329 e. The van der Waals surface area contributed by atoms with E-state index >= 15 is 0 Å². The van der Waals surface area contributed by atoms with Crippen molar-refractivity contribution in [1.29, 1.82) is 0 Å². The van der Waals surface area contributed by atoms with Crippen molar-refractivity contribution in [2.24, 2.45) is 35.5 Å². The van der Waals surface area contributed by atoms with E-state index in [9.17, 15) is 34.5 Å². The van der Waals surface area contributed by atoms with E-state index in [0.29, 0.717) is 44.1 Å². The van der Waals surface area contributed by atoms with Gasteiger partial charge in [0.05, 0.1) is 24.4 Å². The lowest BCUT2D eigenvalue weighted by Crippen LogP contribution is -2.64. The van der Waals surface area contributed by atoms with Crippen LogP contribution in [0.2, 0.25) is 0 Å². The molecule has 3 fully saturated rings. The molecule has 2 bridgehead atoms. The Bertz CT molecular complexity index is 1410. The van der Waals surface area contributed by atoms with Crippen molar-refractivity contribution >= 4 is 23.4 Å². The van der Waals surface area contributed by atoms with Crippen molar-refractivity contribution in [1.82, 2.24) is 4.90 Å². The molecule has 12 nitrogen and oxygen atoms in total. The molecule has 3 heterocycles. The van der Waals surface area contributed by atoms with Gasteiger partial charge in [-0.1, -0.05) is 52.3 Å². The lowest BCUT2D eigenvalue weighted by atomic mass is 9.78. The highest BCUT2D eigenvalue weighted by Gasteiger charge is 2.56. The standard InChI is InChI=1S/C43H69NO11/c1-10-31-18-24(2)17-25(3)19-36(52-8)39-37(53-9)22-28(6)43(51,55-39)40(48)41(49)44-16-12-11-13-32(44)42(50)54-38(29(7)34(46)23-35(31)47)27(5)21-30-14-15-33(45)26(4)20-30/h18,21,25-26,28-34,36-39,45-46,51H,10-17,19-20,22-23H2,1-9H3/b24-18+,27-21+/t25-,26?,28+,29+,30+,31+,32-,33+,34-,36-,37-,38+,39+,43+/m0/s1. The molecule has 1 aliphatic carbocycles. The monoisotopic (exact) mass is 775 g/mol. The normalized spacial score (nSPS) is 42.1. The predicted octanol–water partition coefficient (Wildman–Crippen LogP) is 5.09. The third-order valence-electron chi connectivity index (χ3n) is 13.0. The minimum atomic E-state index is -2.49. The molecule has 0 spiro atoms. The molecular formula is C43H69NO11. The molecule has 0 radical (unpaired) electrons. The number of ketones is 2. The number of allylic oxidation sites excluding steroid dienone is 3. The number of carbonyl (C=O) groups excluding carboxylic acids is 4. The van der Waals surface area contributed by atoms with Crippen LogP contribution >= 0.6 is 0 Å². The number of esters is 1. The smallest absolute Gasteiger partial charge is 0.329 e. The molecule has 3 aliphatic heterocycles. The lowest BCUT2D eigenvalue weighted by Gasteiger charge is -2.47. The third-order valence-corrected chi connectivity index (χ3v) is 13.0. The van der Waals surface area contributed by atoms with Crippen LogP contribution in [0.1, 0.15) is 119 Å². The van der Waals surface area contributed by atoms with E-state index in [1.54, 1.807) is 13.8 Å². The van der Waals surface area contributed by atoms with Crippen LogP contribution in [0.3, 0.4) is 0 Å². The maximum atomic E-state index is 14.3. The molecular weight excluding hydrogens is 706 g/mol. The summed E-state index contributed by atoms with van der Waals surface area (Å²) < 4.78 is 24.2. The number of cyclic esters (lactones) is 1. The van der Waals surface area contributed by atoms with Crippen LogP contribution in [0.4, 0.5) is 0 Å². The van der Waals surface area contributed by atoms with Crippen molar-refractivity contribution in [3.8, 4) is 0 Å². The minimum absolute atomic E-state index is 0.0441. The summed E-state index contributed by atoms with van der Waals surface area (Å²) in [5, 5.41) is 34.0. The molecule has 1 saturated carbocycles. The molecule has 312 valence electrons. The van der Waals surface area contributed by atoms with Gasteiger partial charge in [0.2, 0.25) is 5.79 Å². The van der Waals surface area contributed by atoms with Gasteiger partial charge in [-0.15, -0.1) is 0 Å². The Balaban J connectivity index is 1.76. The van der Waals surface area contributed by atoms with Gasteiger partial charge in [0.15, 0.2) is 0 Å². The van der Waals surface area contributed by atoms with E-state index in [4.69, 9.17) is 18.9 Å². The number of nitrogens with zero attached hydrogens (tertiary/aromatic N) is 1. The summed E-state index contributed by atoms with van der Waals surface area (Å²) in [5.74, 6) is -7.14. The van der Waals surface area contributed by atoms with Gasteiger partial charge in [0.1, 0.15) is 24.0 Å².